The molecule has 2 aromatic heterocycles. The van der Waals surface area contributed by atoms with Crippen LogP contribution in [0.5, 0.6) is 0 Å². The molecule has 0 bridgehead atoms. The largest absolute Gasteiger partial charge is 0.449 e. The van der Waals surface area contributed by atoms with Gasteiger partial charge in [-0.3, -0.25) is 4.79 Å². The zero-order valence-electron chi connectivity index (χ0n) is 18.1. The quantitative estimate of drug-likeness (QED) is 0.582. The summed E-state index contributed by atoms with van der Waals surface area (Å²) in [5, 5.41) is 4.41. The van der Waals surface area contributed by atoms with Gasteiger partial charge in [0.05, 0.1) is 16.6 Å². The number of benzene rings is 1. The van der Waals surface area contributed by atoms with Crippen LogP contribution >= 0.6 is 0 Å². The number of piperidine rings is 1. The Morgan fingerprint density at radius 1 is 1.19 bits per heavy atom. The maximum absolute atomic E-state index is 12.9. The van der Waals surface area contributed by atoms with Crippen LogP contribution in [0.2, 0.25) is 0 Å². The molecule has 0 spiro atoms. The van der Waals surface area contributed by atoms with Gasteiger partial charge in [0, 0.05) is 18.8 Å². The lowest BCUT2D eigenvalue weighted by molar-refractivity contribution is -0.141. The van der Waals surface area contributed by atoms with E-state index in [-0.39, 0.29) is 5.91 Å². The number of aromatic nitrogens is 2. The molecule has 1 amide bonds. The SMILES string of the molecule is Cc1cc(C(=O)OC(C)C(=O)N2CCC(Cc3ccccc3)CC2)c2c(C)noc2n1. The van der Waals surface area contributed by atoms with Crippen molar-refractivity contribution in [3.05, 3.63) is 58.9 Å². The van der Waals surface area contributed by atoms with Crippen LogP contribution in [0.25, 0.3) is 11.1 Å². The highest BCUT2D eigenvalue weighted by atomic mass is 16.5. The van der Waals surface area contributed by atoms with E-state index in [0.29, 0.717) is 47.1 Å². The predicted octanol–water partition coefficient (Wildman–Crippen LogP) is 3.87. The maximum atomic E-state index is 12.9. The van der Waals surface area contributed by atoms with Crippen LogP contribution in [0.3, 0.4) is 0 Å². The number of carbonyl (C=O) groups is 2. The number of likely N-dealkylation sites (tertiary alicyclic amines) is 1. The first kappa shape index (κ1) is 21.0. The van der Waals surface area contributed by atoms with Gasteiger partial charge < -0.3 is 14.2 Å². The van der Waals surface area contributed by atoms with Crippen molar-refractivity contribution in [2.24, 2.45) is 5.92 Å². The standard InChI is InChI=1S/C24H27N3O4/c1-15-13-20(21-16(2)26-31-22(21)25-15)24(29)30-17(3)23(28)27-11-9-19(10-12-27)14-18-7-5-4-6-8-18/h4-8,13,17,19H,9-12,14H2,1-3H3. The summed E-state index contributed by atoms with van der Waals surface area (Å²) < 4.78 is 10.7. The van der Waals surface area contributed by atoms with E-state index in [0.717, 1.165) is 19.3 Å². The second kappa shape index (κ2) is 8.88. The van der Waals surface area contributed by atoms with Gasteiger partial charge in [0.2, 0.25) is 0 Å². The molecule has 1 aliphatic heterocycles. The van der Waals surface area contributed by atoms with Crippen LogP contribution in [0, 0.1) is 19.8 Å². The highest BCUT2D eigenvalue weighted by Gasteiger charge is 2.29. The summed E-state index contributed by atoms with van der Waals surface area (Å²) in [6.45, 7) is 6.50. The summed E-state index contributed by atoms with van der Waals surface area (Å²) in [6.07, 6.45) is 2.07. The first-order chi connectivity index (χ1) is 14.9. The number of carbonyl (C=O) groups excluding carboxylic acids is 2. The number of esters is 1. The second-order valence-corrected chi connectivity index (χ2v) is 8.27. The number of pyridine rings is 1. The molecule has 0 saturated carbocycles. The first-order valence-electron chi connectivity index (χ1n) is 10.7. The second-order valence-electron chi connectivity index (χ2n) is 8.27. The molecule has 1 unspecified atom stereocenters. The van der Waals surface area contributed by atoms with E-state index in [2.05, 4.69) is 34.4 Å². The average molecular weight is 421 g/mol. The Morgan fingerprint density at radius 3 is 2.61 bits per heavy atom. The Kier molecular flexibility index (Phi) is 6.02. The molecule has 31 heavy (non-hydrogen) atoms. The monoisotopic (exact) mass is 421 g/mol. The molecule has 1 fully saturated rings. The molecule has 1 aliphatic rings. The minimum absolute atomic E-state index is 0.157. The Labute approximate surface area is 181 Å². The van der Waals surface area contributed by atoms with E-state index in [1.165, 1.54) is 5.56 Å². The van der Waals surface area contributed by atoms with Gasteiger partial charge in [0.15, 0.2) is 6.10 Å². The van der Waals surface area contributed by atoms with Crippen molar-refractivity contribution in [2.75, 3.05) is 13.1 Å². The fraction of sp³-hybridized carbons (Fsp3) is 0.417. The third-order valence-electron chi connectivity index (χ3n) is 5.89. The zero-order chi connectivity index (χ0) is 22.0. The minimum Gasteiger partial charge on any atom is -0.449 e. The molecule has 1 saturated heterocycles. The van der Waals surface area contributed by atoms with E-state index in [9.17, 15) is 9.59 Å². The normalized spacial score (nSPS) is 15.8. The van der Waals surface area contributed by atoms with Crippen molar-refractivity contribution in [2.45, 2.75) is 46.1 Å². The van der Waals surface area contributed by atoms with Crippen molar-refractivity contribution >= 4 is 23.0 Å². The molecule has 1 aromatic carbocycles. The van der Waals surface area contributed by atoms with Gasteiger partial charge in [-0.2, -0.15) is 0 Å². The van der Waals surface area contributed by atoms with Gasteiger partial charge in [-0.05, 0) is 57.6 Å². The fourth-order valence-corrected chi connectivity index (χ4v) is 4.22. The van der Waals surface area contributed by atoms with Crippen LogP contribution in [0.15, 0.2) is 40.9 Å². The molecule has 3 heterocycles. The third-order valence-corrected chi connectivity index (χ3v) is 5.89. The van der Waals surface area contributed by atoms with Crippen molar-refractivity contribution in [3.8, 4) is 0 Å². The first-order valence-corrected chi connectivity index (χ1v) is 10.7. The average Bonchev–Trinajstić information content (AvgIpc) is 3.14. The number of ether oxygens (including phenoxy) is 1. The lowest BCUT2D eigenvalue weighted by Gasteiger charge is -2.33. The van der Waals surface area contributed by atoms with Gasteiger partial charge in [-0.15, -0.1) is 0 Å². The van der Waals surface area contributed by atoms with Gasteiger partial charge >= 0.3 is 5.97 Å². The Hall–Kier alpha value is -3.22. The van der Waals surface area contributed by atoms with E-state index in [1.807, 2.05) is 6.07 Å². The minimum atomic E-state index is -0.859. The van der Waals surface area contributed by atoms with Crippen LogP contribution in [0.4, 0.5) is 0 Å². The molecule has 0 radical (unpaired) electrons. The number of fused-ring (bicyclic) bond motifs is 1. The maximum Gasteiger partial charge on any atom is 0.339 e. The van der Waals surface area contributed by atoms with Crippen molar-refractivity contribution < 1.29 is 18.8 Å². The number of hydrogen-bond donors (Lipinski definition) is 0. The Balaban J connectivity index is 1.36. The van der Waals surface area contributed by atoms with Gasteiger partial charge in [-0.25, -0.2) is 9.78 Å². The molecule has 0 N–H and O–H groups in total. The molecule has 3 aromatic rings. The summed E-state index contributed by atoms with van der Waals surface area (Å²) in [5.74, 6) is -0.161. The zero-order valence-corrected chi connectivity index (χ0v) is 18.1. The summed E-state index contributed by atoms with van der Waals surface area (Å²) in [6, 6.07) is 12.1. The van der Waals surface area contributed by atoms with E-state index >= 15 is 0 Å². The fourth-order valence-electron chi connectivity index (χ4n) is 4.22. The van der Waals surface area contributed by atoms with Crippen LogP contribution in [-0.2, 0) is 16.0 Å². The molecule has 1 atom stereocenters. The van der Waals surface area contributed by atoms with Gasteiger partial charge in [-0.1, -0.05) is 35.5 Å². The number of aryl methyl sites for hydroxylation is 2. The van der Waals surface area contributed by atoms with E-state index in [4.69, 9.17) is 9.26 Å². The number of amides is 1. The van der Waals surface area contributed by atoms with Crippen molar-refractivity contribution in [1.82, 2.24) is 15.0 Å². The number of rotatable bonds is 5. The number of hydrogen-bond acceptors (Lipinski definition) is 6. The molecule has 4 rings (SSSR count). The van der Waals surface area contributed by atoms with Crippen molar-refractivity contribution in [3.63, 3.8) is 0 Å². The summed E-state index contributed by atoms with van der Waals surface area (Å²) in [7, 11) is 0. The highest BCUT2D eigenvalue weighted by molar-refractivity contribution is 6.04. The highest BCUT2D eigenvalue weighted by Crippen LogP contribution is 2.25. The van der Waals surface area contributed by atoms with Crippen LogP contribution in [0.1, 0.15) is 47.1 Å². The number of nitrogens with zero attached hydrogens (tertiary/aromatic N) is 3. The summed E-state index contributed by atoms with van der Waals surface area (Å²) in [5.41, 5.74) is 3.13. The molecule has 7 heteroatoms. The van der Waals surface area contributed by atoms with E-state index in [1.54, 1.807) is 31.7 Å². The Morgan fingerprint density at radius 2 is 1.90 bits per heavy atom. The van der Waals surface area contributed by atoms with Gasteiger partial charge in [0.1, 0.15) is 0 Å². The van der Waals surface area contributed by atoms with Crippen LogP contribution in [-0.4, -0.2) is 46.1 Å². The topological polar surface area (TPSA) is 85.5 Å². The van der Waals surface area contributed by atoms with Crippen LogP contribution < -0.4 is 0 Å². The Bertz CT molecular complexity index is 1080. The predicted molar refractivity (Wildman–Crippen MR) is 116 cm³/mol. The molecular formula is C24H27N3O4. The van der Waals surface area contributed by atoms with Crippen molar-refractivity contribution in [1.29, 1.82) is 0 Å². The summed E-state index contributed by atoms with van der Waals surface area (Å²) >= 11 is 0. The smallest absolute Gasteiger partial charge is 0.339 e. The molecule has 0 aliphatic carbocycles. The lowest BCUT2D eigenvalue weighted by atomic mass is 9.90. The molecule has 162 valence electrons. The van der Waals surface area contributed by atoms with Gasteiger partial charge in [0.25, 0.3) is 11.6 Å². The lowest BCUT2D eigenvalue weighted by Crippen LogP contribution is -2.44. The third kappa shape index (κ3) is 4.60. The van der Waals surface area contributed by atoms with E-state index < -0.39 is 12.1 Å². The molecular weight excluding hydrogens is 394 g/mol. The summed E-state index contributed by atoms with van der Waals surface area (Å²) in [4.78, 5) is 31.8. The molecule has 7 nitrogen and oxygen atoms in total.